The molecule has 0 radical (unpaired) electrons. The number of hydrogen-bond donors (Lipinski definition) is 2. The minimum atomic E-state index is -1.28. The second-order valence-corrected chi connectivity index (χ2v) is 12.0. The van der Waals surface area contributed by atoms with Crippen LogP contribution in [0.5, 0.6) is 0 Å². The molecule has 3 saturated carbocycles. The zero-order valence-corrected chi connectivity index (χ0v) is 19.6. The number of allylic oxidation sites excluding steroid dienone is 1. The average molecular weight is 404 g/mol. The molecule has 4 aliphatic rings. The molecule has 0 aliphatic heterocycles. The number of aliphatic hydroxyl groups excluding tert-OH is 1. The van der Waals surface area contributed by atoms with E-state index >= 15 is 0 Å². The molecule has 29 heavy (non-hydrogen) atoms. The summed E-state index contributed by atoms with van der Waals surface area (Å²) in [5.41, 5.74) is 2.32. The Bertz CT molecular complexity index is 670. The van der Waals surface area contributed by atoms with Gasteiger partial charge in [0.05, 0.1) is 13.6 Å². The average Bonchev–Trinajstić information content (AvgIpc) is 3.04. The molecule has 166 valence electrons. The van der Waals surface area contributed by atoms with Crippen LogP contribution in [0.25, 0.3) is 0 Å². The summed E-state index contributed by atoms with van der Waals surface area (Å²) in [6.07, 6.45) is 12.4. The van der Waals surface area contributed by atoms with Crippen molar-refractivity contribution in [1.29, 1.82) is 0 Å². The molecule has 1 unspecified atom stereocenters. The Kier molecular flexibility index (Phi) is 5.65. The van der Waals surface area contributed by atoms with Crippen LogP contribution in [0.2, 0.25) is 0 Å². The Morgan fingerprint density at radius 3 is 2.55 bits per heavy atom. The van der Waals surface area contributed by atoms with Crippen LogP contribution in [-0.4, -0.2) is 22.4 Å². The molecule has 0 spiro atoms. The van der Waals surface area contributed by atoms with Crippen molar-refractivity contribution < 1.29 is 11.6 Å². The van der Waals surface area contributed by atoms with Crippen LogP contribution in [0.1, 0.15) is 100 Å². The molecule has 0 aromatic rings. The van der Waals surface area contributed by atoms with Gasteiger partial charge in [-0.3, -0.25) is 0 Å². The minimum absolute atomic E-state index is 0.00923. The summed E-state index contributed by atoms with van der Waals surface area (Å²) in [5.74, 6) is 3.75. The zero-order valence-electron chi connectivity index (χ0n) is 20.6. The normalized spacial score (nSPS) is 48.1. The standard InChI is InChI=1S/C27H46O2/c1-17(2)25(29)11-6-18(3)22-9-10-23-21-8-7-19-16-20(28)12-14-26(19,4)24(21)13-15-27(22,23)5/h7,17-18,20-25,28-29H,6,8-16H2,1-5H3/t18-,20+,21+,22-,23+,24+,25?,26+,27-/m1/s1/i25D. The molecule has 0 bridgehead atoms. The lowest BCUT2D eigenvalue weighted by Gasteiger charge is -2.58. The van der Waals surface area contributed by atoms with E-state index in [4.69, 9.17) is 1.37 Å². The van der Waals surface area contributed by atoms with Gasteiger partial charge in [-0.2, -0.15) is 0 Å². The highest BCUT2D eigenvalue weighted by Gasteiger charge is 2.59. The van der Waals surface area contributed by atoms with Crippen molar-refractivity contribution >= 4 is 0 Å². The van der Waals surface area contributed by atoms with Gasteiger partial charge < -0.3 is 10.2 Å². The van der Waals surface area contributed by atoms with Crippen molar-refractivity contribution in [3.63, 3.8) is 0 Å². The van der Waals surface area contributed by atoms with Gasteiger partial charge in [-0.05, 0) is 111 Å². The summed E-state index contributed by atoms with van der Waals surface area (Å²) in [4.78, 5) is 0. The largest absolute Gasteiger partial charge is 0.393 e. The molecule has 0 amide bonds. The quantitative estimate of drug-likeness (QED) is 0.524. The SMILES string of the molecule is [2H]C(O)(CC[C@@H](C)[C@H]1CC[C@H]2[C@@H]3CC=C4C[C@@H](O)CC[C@]4(C)[C@H]3CC[C@]12C)C(C)C. The van der Waals surface area contributed by atoms with E-state index in [0.717, 1.165) is 42.9 Å². The molecule has 2 heteroatoms. The molecule has 2 N–H and O–H groups in total. The first-order chi connectivity index (χ1) is 14.0. The molecule has 4 aliphatic carbocycles. The smallest absolute Gasteiger partial charge is 0.0603 e. The monoisotopic (exact) mass is 403 g/mol. The Labute approximate surface area is 181 Å². The molecule has 4 rings (SSSR count). The van der Waals surface area contributed by atoms with E-state index in [-0.39, 0.29) is 12.0 Å². The second kappa shape index (κ2) is 7.97. The number of hydrogen-bond acceptors (Lipinski definition) is 2. The molecule has 2 nitrogen and oxygen atoms in total. The fourth-order valence-electron chi connectivity index (χ4n) is 8.48. The first kappa shape index (κ1) is 20.6. The number of aliphatic hydroxyl groups is 2. The van der Waals surface area contributed by atoms with E-state index in [2.05, 4.69) is 26.8 Å². The van der Waals surface area contributed by atoms with Crippen LogP contribution >= 0.6 is 0 Å². The summed E-state index contributed by atoms with van der Waals surface area (Å²) in [7, 11) is 0. The summed E-state index contributed by atoms with van der Waals surface area (Å²) in [6.45, 7) is 11.4. The first-order valence-electron chi connectivity index (χ1n) is 13.1. The lowest BCUT2D eigenvalue weighted by Crippen LogP contribution is -2.50. The van der Waals surface area contributed by atoms with Crippen LogP contribution in [0.3, 0.4) is 0 Å². The van der Waals surface area contributed by atoms with Crippen LogP contribution in [0, 0.1) is 46.3 Å². The zero-order chi connectivity index (χ0) is 21.9. The maximum absolute atomic E-state index is 10.4. The summed E-state index contributed by atoms with van der Waals surface area (Å²) >= 11 is 0. The van der Waals surface area contributed by atoms with Gasteiger partial charge in [-0.1, -0.05) is 46.3 Å². The predicted molar refractivity (Wildman–Crippen MR) is 120 cm³/mol. The van der Waals surface area contributed by atoms with Crippen molar-refractivity contribution in [1.82, 2.24) is 0 Å². The van der Waals surface area contributed by atoms with E-state index in [1.807, 2.05) is 13.8 Å². The molecule has 0 heterocycles. The van der Waals surface area contributed by atoms with Gasteiger partial charge in [-0.15, -0.1) is 0 Å². The Balaban J connectivity index is 1.49. The van der Waals surface area contributed by atoms with Gasteiger partial charge >= 0.3 is 0 Å². The van der Waals surface area contributed by atoms with Crippen molar-refractivity contribution in [2.75, 3.05) is 0 Å². The molecule has 0 saturated heterocycles. The van der Waals surface area contributed by atoms with Crippen LogP contribution in [0.15, 0.2) is 11.6 Å². The maximum Gasteiger partial charge on any atom is 0.0603 e. The molecular weight excluding hydrogens is 356 g/mol. The Hall–Kier alpha value is -0.340. The van der Waals surface area contributed by atoms with Gasteiger partial charge in [0.15, 0.2) is 0 Å². The van der Waals surface area contributed by atoms with Crippen molar-refractivity contribution in [3.05, 3.63) is 11.6 Å². The van der Waals surface area contributed by atoms with Crippen molar-refractivity contribution in [3.8, 4) is 0 Å². The van der Waals surface area contributed by atoms with Gasteiger partial charge in [-0.25, -0.2) is 0 Å². The Morgan fingerprint density at radius 1 is 1.07 bits per heavy atom. The van der Waals surface area contributed by atoms with Crippen molar-refractivity contribution in [2.24, 2.45) is 46.3 Å². The van der Waals surface area contributed by atoms with E-state index in [1.54, 1.807) is 5.57 Å². The van der Waals surface area contributed by atoms with Crippen LogP contribution in [-0.2, 0) is 0 Å². The summed E-state index contributed by atoms with van der Waals surface area (Å²) < 4.78 is 8.25. The Morgan fingerprint density at radius 2 is 1.83 bits per heavy atom. The molecule has 3 fully saturated rings. The van der Waals surface area contributed by atoms with E-state index in [1.165, 1.54) is 38.5 Å². The molecule has 0 aromatic heterocycles. The second-order valence-electron chi connectivity index (χ2n) is 12.0. The number of fused-ring (bicyclic) bond motifs is 5. The third-order valence-electron chi connectivity index (χ3n) is 10.4. The summed E-state index contributed by atoms with van der Waals surface area (Å²) in [6, 6.07) is 0. The predicted octanol–water partition coefficient (Wildman–Crippen LogP) is 6.36. The maximum atomic E-state index is 10.4. The third-order valence-corrected chi connectivity index (χ3v) is 10.4. The van der Waals surface area contributed by atoms with Gasteiger partial charge in [0, 0.05) is 0 Å². The minimum Gasteiger partial charge on any atom is -0.393 e. The molecular formula is C27H46O2. The topological polar surface area (TPSA) is 40.5 Å². The van der Waals surface area contributed by atoms with Crippen molar-refractivity contribution in [2.45, 2.75) is 111 Å². The highest BCUT2D eigenvalue weighted by atomic mass is 16.3. The van der Waals surface area contributed by atoms with Gasteiger partial charge in [0.25, 0.3) is 0 Å². The summed E-state index contributed by atoms with van der Waals surface area (Å²) in [5, 5.41) is 20.6. The third kappa shape index (κ3) is 3.65. The van der Waals surface area contributed by atoms with Gasteiger partial charge in [0.2, 0.25) is 0 Å². The molecule has 0 aromatic carbocycles. The van der Waals surface area contributed by atoms with E-state index in [9.17, 15) is 10.2 Å². The van der Waals surface area contributed by atoms with Crippen LogP contribution < -0.4 is 0 Å². The fraction of sp³-hybridized carbons (Fsp3) is 0.926. The molecule has 9 atom stereocenters. The van der Waals surface area contributed by atoms with E-state index < -0.39 is 6.08 Å². The van der Waals surface area contributed by atoms with Gasteiger partial charge in [0.1, 0.15) is 0 Å². The fourth-order valence-corrected chi connectivity index (χ4v) is 8.48. The first-order valence-corrected chi connectivity index (χ1v) is 12.6. The highest BCUT2D eigenvalue weighted by molar-refractivity contribution is 5.25. The lowest BCUT2D eigenvalue weighted by atomic mass is 9.47. The van der Waals surface area contributed by atoms with Crippen LogP contribution in [0.4, 0.5) is 0 Å². The highest BCUT2D eigenvalue weighted by Crippen LogP contribution is 2.67. The van der Waals surface area contributed by atoms with E-state index in [0.29, 0.717) is 23.2 Å². The lowest BCUT2D eigenvalue weighted by molar-refractivity contribution is -0.0579. The number of rotatable bonds is 5.